The molecule has 1 aromatic heterocycles. The molecule has 0 aliphatic heterocycles. The van der Waals surface area contributed by atoms with Crippen LogP contribution in [0, 0.1) is 0 Å². The first-order valence-electron chi connectivity index (χ1n) is 11.8. The van der Waals surface area contributed by atoms with Crippen molar-refractivity contribution in [1.29, 1.82) is 0 Å². The molecule has 35 heavy (non-hydrogen) atoms. The Morgan fingerprint density at radius 2 is 1.77 bits per heavy atom. The van der Waals surface area contributed by atoms with E-state index in [1.54, 1.807) is 6.07 Å². The van der Waals surface area contributed by atoms with Crippen molar-refractivity contribution in [3.8, 4) is 11.5 Å². The molecule has 0 saturated heterocycles. The van der Waals surface area contributed by atoms with Crippen molar-refractivity contribution in [2.45, 2.75) is 39.8 Å². The standard InChI is InChI=1S/C26H34N4O5/c1-4-18-16(12-28-17(14-31)15-32)8-7-9-21(18)30-25-19-10-23(34-5-2)24(35-6-3)11-22(19)29-13-20(25)26(27)33/h7-11,13,17,28,31-32H,4-6,12,14-15H2,1-3H3,(H2,27,33)(H,29,30). The second-order valence-electron chi connectivity index (χ2n) is 7.96. The van der Waals surface area contributed by atoms with E-state index >= 15 is 0 Å². The van der Waals surface area contributed by atoms with Crippen LogP contribution < -0.4 is 25.8 Å². The zero-order valence-electron chi connectivity index (χ0n) is 20.4. The number of carbonyl (C=O) groups is 1. The monoisotopic (exact) mass is 482 g/mol. The molecule has 9 heteroatoms. The van der Waals surface area contributed by atoms with Gasteiger partial charge in [0.05, 0.1) is 49.2 Å². The van der Waals surface area contributed by atoms with Gasteiger partial charge in [-0.3, -0.25) is 9.78 Å². The number of anilines is 2. The minimum atomic E-state index is -0.599. The molecule has 1 amide bonds. The number of nitrogens with zero attached hydrogens (tertiary/aromatic N) is 1. The third-order valence-corrected chi connectivity index (χ3v) is 5.71. The second kappa shape index (κ2) is 12.3. The first kappa shape index (κ1) is 26.2. The highest BCUT2D eigenvalue weighted by Gasteiger charge is 2.19. The fourth-order valence-corrected chi connectivity index (χ4v) is 3.97. The van der Waals surface area contributed by atoms with Crippen molar-refractivity contribution in [2.24, 2.45) is 5.73 Å². The topological polar surface area (TPSA) is 139 Å². The molecule has 0 radical (unpaired) electrons. The van der Waals surface area contributed by atoms with E-state index in [-0.39, 0.29) is 18.8 Å². The van der Waals surface area contributed by atoms with Gasteiger partial charge in [0, 0.05) is 29.9 Å². The summed E-state index contributed by atoms with van der Waals surface area (Å²) in [6, 6.07) is 9.05. The number of hydrogen-bond acceptors (Lipinski definition) is 8. The molecule has 0 saturated carbocycles. The van der Waals surface area contributed by atoms with Crippen LogP contribution in [-0.4, -0.2) is 53.6 Å². The van der Waals surface area contributed by atoms with Crippen LogP contribution in [0.4, 0.5) is 11.4 Å². The SMILES string of the molecule is CCOc1cc2ncc(C(N)=O)c(Nc3cccc(CNC(CO)CO)c3CC)c2cc1OCC. The summed E-state index contributed by atoms with van der Waals surface area (Å²) in [5.41, 5.74) is 10.0. The number of primary amides is 1. The van der Waals surface area contributed by atoms with Gasteiger partial charge in [-0.05, 0) is 43.5 Å². The summed E-state index contributed by atoms with van der Waals surface area (Å²) in [6.45, 7) is 6.91. The number of ether oxygens (including phenoxy) is 2. The lowest BCUT2D eigenvalue weighted by molar-refractivity contribution is 0.100. The molecule has 3 aromatic rings. The molecule has 9 nitrogen and oxygen atoms in total. The highest BCUT2D eigenvalue weighted by atomic mass is 16.5. The van der Waals surface area contributed by atoms with Crippen LogP contribution in [-0.2, 0) is 13.0 Å². The normalized spacial score (nSPS) is 11.1. The van der Waals surface area contributed by atoms with E-state index in [1.165, 1.54) is 6.20 Å². The number of pyridine rings is 1. The van der Waals surface area contributed by atoms with Crippen LogP contribution in [0.25, 0.3) is 10.9 Å². The van der Waals surface area contributed by atoms with Gasteiger partial charge in [0.25, 0.3) is 5.91 Å². The average molecular weight is 483 g/mol. The second-order valence-corrected chi connectivity index (χ2v) is 7.96. The van der Waals surface area contributed by atoms with Crippen LogP contribution >= 0.6 is 0 Å². The molecule has 0 fully saturated rings. The number of fused-ring (bicyclic) bond motifs is 1. The minimum Gasteiger partial charge on any atom is -0.490 e. The lowest BCUT2D eigenvalue weighted by atomic mass is 10.0. The Morgan fingerprint density at radius 3 is 2.37 bits per heavy atom. The molecule has 1 heterocycles. The Kier molecular flexibility index (Phi) is 9.25. The predicted octanol–water partition coefficient (Wildman–Crippen LogP) is 2.88. The summed E-state index contributed by atoms with van der Waals surface area (Å²) in [5.74, 6) is 0.538. The third-order valence-electron chi connectivity index (χ3n) is 5.71. The quantitative estimate of drug-likeness (QED) is 0.251. The lowest BCUT2D eigenvalue weighted by Crippen LogP contribution is -2.35. The van der Waals surface area contributed by atoms with E-state index in [4.69, 9.17) is 15.2 Å². The smallest absolute Gasteiger partial charge is 0.252 e. The minimum absolute atomic E-state index is 0.160. The van der Waals surface area contributed by atoms with Crippen LogP contribution in [0.2, 0.25) is 0 Å². The van der Waals surface area contributed by atoms with Crippen molar-refractivity contribution in [3.63, 3.8) is 0 Å². The fraction of sp³-hybridized carbons (Fsp3) is 0.385. The summed E-state index contributed by atoms with van der Waals surface area (Å²) in [7, 11) is 0. The van der Waals surface area contributed by atoms with Gasteiger partial charge in [-0.2, -0.15) is 0 Å². The fourth-order valence-electron chi connectivity index (χ4n) is 3.97. The number of nitrogens with two attached hydrogens (primary N) is 1. The number of hydrogen-bond donors (Lipinski definition) is 5. The summed E-state index contributed by atoms with van der Waals surface area (Å²) < 4.78 is 11.5. The van der Waals surface area contributed by atoms with E-state index in [1.807, 2.05) is 45.0 Å². The Bertz CT molecular complexity index is 1160. The zero-order valence-corrected chi connectivity index (χ0v) is 20.4. The number of carbonyl (C=O) groups excluding carboxylic acids is 1. The van der Waals surface area contributed by atoms with Crippen molar-refractivity contribution < 1.29 is 24.5 Å². The number of benzene rings is 2. The largest absolute Gasteiger partial charge is 0.490 e. The maximum atomic E-state index is 12.3. The predicted molar refractivity (Wildman–Crippen MR) is 137 cm³/mol. The van der Waals surface area contributed by atoms with E-state index in [2.05, 4.69) is 15.6 Å². The van der Waals surface area contributed by atoms with Gasteiger partial charge in [-0.15, -0.1) is 0 Å². The molecule has 0 atom stereocenters. The van der Waals surface area contributed by atoms with Crippen LogP contribution in [0.15, 0.2) is 36.5 Å². The first-order chi connectivity index (χ1) is 17.0. The van der Waals surface area contributed by atoms with E-state index < -0.39 is 11.9 Å². The molecule has 0 aliphatic rings. The van der Waals surface area contributed by atoms with Crippen molar-refractivity contribution in [3.05, 3.63) is 53.2 Å². The molecule has 6 N–H and O–H groups in total. The molecule has 0 unspecified atom stereocenters. The molecular formula is C26H34N4O5. The third kappa shape index (κ3) is 6.00. The number of rotatable bonds is 13. The Labute approximate surface area is 205 Å². The summed E-state index contributed by atoms with van der Waals surface area (Å²) in [6.07, 6.45) is 2.18. The Balaban J connectivity index is 2.11. The summed E-state index contributed by atoms with van der Waals surface area (Å²) in [4.78, 5) is 16.8. The van der Waals surface area contributed by atoms with Crippen LogP contribution in [0.1, 0.15) is 42.3 Å². The summed E-state index contributed by atoms with van der Waals surface area (Å²) in [5, 5.41) is 26.0. The van der Waals surface area contributed by atoms with E-state index in [9.17, 15) is 15.0 Å². The molecule has 2 aromatic carbocycles. The molecule has 188 valence electrons. The number of aliphatic hydroxyl groups excluding tert-OH is 2. The molecule has 3 rings (SSSR count). The molecule has 0 spiro atoms. The lowest BCUT2D eigenvalue weighted by Gasteiger charge is -2.20. The van der Waals surface area contributed by atoms with Gasteiger partial charge >= 0.3 is 0 Å². The molecule has 0 bridgehead atoms. The highest BCUT2D eigenvalue weighted by Crippen LogP contribution is 2.38. The van der Waals surface area contributed by atoms with Crippen LogP contribution in [0.3, 0.4) is 0 Å². The van der Waals surface area contributed by atoms with Crippen molar-refractivity contribution in [1.82, 2.24) is 10.3 Å². The average Bonchev–Trinajstić information content (AvgIpc) is 2.85. The zero-order chi connectivity index (χ0) is 25.4. The van der Waals surface area contributed by atoms with Gasteiger partial charge < -0.3 is 36.1 Å². The van der Waals surface area contributed by atoms with Gasteiger partial charge in [0.1, 0.15) is 0 Å². The maximum Gasteiger partial charge on any atom is 0.252 e. The maximum absolute atomic E-state index is 12.3. The van der Waals surface area contributed by atoms with Crippen molar-refractivity contribution in [2.75, 3.05) is 31.7 Å². The Hall–Kier alpha value is -3.40. The van der Waals surface area contributed by atoms with Crippen LogP contribution in [0.5, 0.6) is 11.5 Å². The number of aromatic nitrogens is 1. The first-order valence-corrected chi connectivity index (χ1v) is 11.8. The van der Waals surface area contributed by atoms with E-state index in [0.717, 1.165) is 23.2 Å². The van der Waals surface area contributed by atoms with Gasteiger partial charge in [0.15, 0.2) is 11.5 Å². The Morgan fingerprint density at radius 1 is 1.09 bits per heavy atom. The van der Waals surface area contributed by atoms with Gasteiger partial charge in [0.2, 0.25) is 0 Å². The summed E-state index contributed by atoms with van der Waals surface area (Å²) >= 11 is 0. The van der Waals surface area contributed by atoms with Crippen molar-refractivity contribution >= 4 is 28.2 Å². The molecular weight excluding hydrogens is 448 g/mol. The van der Waals surface area contributed by atoms with Gasteiger partial charge in [-0.1, -0.05) is 19.1 Å². The highest BCUT2D eigenvalue weighted by molar-refractivity contribution is 6.08. The number of aliphatic hydroxyl groups is 2. The number of nitrogens with one attached hydrogen (secondary N) is 2. The molecule has 0 aliphatic carbocycles. The van der Waals surface area contributed by atoms with Gasteiger partial charge in [-0.25, -0.2) is 0 Å². The number of amides is 1. The van der Waals surface area contributed by atoms with E-state index in [0.29, 0.717) is 47.8 Å².